The van der Waals surface area contributed by atoms with Crippen LogP contribution in [0.25, 0.3) is 11.0 Å². The zero-order valence-electron chi connectivity index (χ0n) is 12.0. The maximum Gasteiger partial charge on any atom is 0.264 e. The quantitative estimate of drug-likeness (QED) is 0.440. The van der Waals surface area contributed by atoms with Gasteiger partial charge in [-0.25, -0.2) is 26.9 Å². The number of hydrogen-bond acceptors (Lipinski definition) is 2. The minimum absolute atomic E-state index is 0.106. The minimum Gasteiger partial charge on any atom is -0.313 e. The lowest BCUT2D eigenvalue weighted by molar-refractivity contribution is 0.101. The topological polar surface area (TPSA) is 46.9 Å². The van der Waals surface area contributed by atoms with Gasteiger partial charge in [0.15, 0.2) is 23.3 Å². The van der Waals surface area contributed by atoms with Crippen LogP contribution in [0.2, 0.25) is 0 Å². The van der Waals surface area contributed by atoms with Crippen LogP contribution in [-0.4, -0.2) is 15.5 Å². The second-order valence-corrected chi connectivity index (χ2v) is 4.88. The molecule has 0 atom stereocenters. The number of imidazole rings is 1. The third-order valence-electron chi connectivity index (χ3n) is 3.45. The standard InChI is InChI=1S/C15H8F5N3O/c1-23-7-5-3-2-4-6(7)21-15(23)22-14(24)8-9(16)11(18)13(20)12(19)10(8)17/h2-5H,1H3,(H,21,22,24). The zero-order valence-corrected chi connectivity index (χ0v) is 12.0. The number of aromatic nitrogens is 2. The van der Waals surface area contributed by atoms with Gasteiger partial charge in [-0.15, -0.1) is 0 Å². The molecule has 3 rings (SSSR count). The average Bonchev–Trinajstić information content (AvgIpc) is 2.88. The summed E-state index contributed by atoms with van der Waals surface area (Å²) in [5.41, 5.74) is -0.489. The van der Waals surface area contributed by atoms with Gasteiger partial charge in [-0.1, -0.05) is 12.1 Å². The van der Waals surface area contributed by atoms with Crippen LogP contribution in [0, 0.1) is 29.1 Å². The average molecular weight is 341 g/mol. The molecule has 0 aliphatic carbocycles. The largest absolute Gasteiger partial charge is 0.313 e. The van der Waals surface area contributed by atoms with Crippen molar-refractivity contribution in [1.29, 1.82) is 0 Å². The molecule has 0 radical (unpaired) electrons. The van der Waals surface area contributed by atoms with Crippen LogP contribution in [0.15, 0.2) is 24.3 Å². The molecule has 1 N–H and O–H groups in total. The number of amides is 1. The SMILES string of the molecule is Cn1c(NC(=O)c2c(F)c(F)c(F)c(F)c2F)nc2ccccc21. The molecule has 0 saturated heterocycles. The number of hydrogen-bond donors (Lipinski definition) is 1. The van der Waals surface area contributed by atoms with Crippen LogP contribution in [0.4, 0.5) is 27.9 Å². The van der Waals surface area contributed by atoms with Crippen molar-refractivity contribution >= 4 is 22.9 Å². The fourth-order valence-electron chi connectivity index (χ4n) is 2.23. The molecule has 0 bridgehead atoms. The molecule has 0 fully saturated rings. The van der Waals surface area contributed by atoms with Gasteiger partial charge >= 0.3 is 0 Å². The highest BCUT2D eigenvalue weighted by Gasteiger charge is 2.30. The number of aryl methyl sites for hydroxylation is 1. The monoisotopic (exact) mass is 341 g/mol. The molecule has 9 heteroatoms. The van der Waals surface area contributed by atoms with Gasteiger partial charge in [0.2, 0.25) is 11.8 Å². The summed E-state index contributed by atoms with van der Waals surface area (Å²) in [7, 11) is 1.52. The summed E-state index contributed by atoms with van der Waals surface area (Å²) in [5, 5.41) is 2.05. The van der Waals surface area contributed by atoms with E-state index in [1.54, 1.807) is 24.3 Å². The van der Waals surface area contributed by atoms with Gasteiger partial charge < -0.3 is 4.57 Å². The van der Waals surface area contributed by atoms with Crippen LogP contribution < -0.4 is 5.32 Å². The Morgan fingerprint density at radius 1 is 0.958 bits per heavy atom. The second-order valence-electron chi connectivity index (χ2n) is 4.88. The van der Waals surface area contributed by atoms with Gasteiger partial charge in [-0.3, -0.25) is 10.1 Å². The van der Waals surface area contributed by atoms with Crippen molar-refractivity contribution < 1.29 is 26.7 Å². The normalized spacial score (nSPS) is 11.1. The Labute approximate surface area is 131 Å². The summed E-state index contributed by atoms with van der Waals surface area (Å²) in [6.45, 7) is 0. The molecule has 0 spiro atoms. The lowest BCUT2D eigenvalue weighted by Crippen LogP contribution is -2.21. The zero-order chi connectivity index (χ0) is 17.6. The number of carbonyl (C=O) groups excluding carboxylic acids is 1. The van der Waals surface area contributed by atoms with Crippen LogP contribution in [-0.2, 0) is 7.05 Å². The molecule has 24 heavy (non-hydrogen) atoms. The van der Waals surface area contributed by atoms with Gasteiger partial charge in [0.1, 0.15) is 5.56 Å². The number of anilines is 1. The first-order chi connectivity index (χ1) is 11.3. The van der Waals surface area contributed by atoms with Crippen LogP contribution in [0.3, 0.4) is 0 Å². The molecule has 1 aromatic heterocycles. The Morgan fingerprint density at radius 3 is 2.08 bits per heavy atom. The molecule has 0 aliphatic rings. The summed E-state index contributed by atoms with van der Waals surface area (Å²) in [5.74, 6) is -12.7. The van der Waals surface area contributed by atoms with Crippen LogP contribution in [0.1, 0.15) is 10.4 Å². The Kier molecular flexibility index (Phi) is 3.70. The number of para-hydroxylation sites is 2. The number of nitrogens with one attached hydrogen (secondary N) is 1. The molecule has 0 saturated carbocycles. The van der Waals surface area contributed by atoms with Crippen molar-refractivity contribution in [2.75, 3.05) is 5.32 Å². The van der Waals surface area contributed by atoms with Crippen LogP contribution in [0.5, 0.6) is 0 Å². The highest BCUT2D eigenvalue weighted by atomic mass is 19.2. The maximum absolute atomic E-state index is 13.7. The number of nitrogens with zero attached hydrogens (tertiary/aromatic N) is 2. The third-order valence-corrected chi connectivity index (χ3v) is 3.45. The van der Waals surface area contributed by atoms with E-state index >= 15 is 0 Å². The highest BCUT2D eigenvalue weighted by molar-refractivity contribution is 6.04. The fraction of sp³-hybridized carbons (Fsp3) is 0.0667. The van der Waals surface area contributed by atoms with Crippen molar-refractivity contribution in [2.24, 2.45) is 7.05 Å². The number of halogens is 5. The van der Waals surface area contributed by atoms with Crippen LogP contribution >= 0.6 is 0 Å². The van der Waals surface area contributed by atoms with Gasteiger partial charge in [0, 0.05) is 7.05 Å². The number of rotatable bonds is 2. The van der Waals surface area contributed by atoms with Crippen molar-refractivity contribution in [3.63, 3.8) is 0 Å². The summed E-state index contributed by atoms with van der Waals surface area (Å²) in [4.78, 5) is 16.0. The molecule has 3 aromatic rings. The number of benzene rings is 2. The number of carbonyl (C=O) groups is 1. The molecule has 2 aromatic carbocycles. The minimum atomic E-state index is -2.33. The second kappa shape index (κ2) is 5.59. The Bertz CT molecular complexity index is 954. The van der Waals surface area contributed by atoms with Crippen molar-refractivity contribution in [2.45, 2.75) is 0 Å². The summed E-state index contributed by atoms with van der Waals surface area (Å²) in [6.07, 6.45) is 0. The fourth-order valence-corrected chi connectivity index (χ4v) is 2.23. The Hall–Kier alpha value is -2.97. The van der Waals surface area contributed by atoms with Gasteiger partial charge in [-0.05, 0) is 12.1 Å². The van der Waals surface area contributed by atoms with Gasteiger partial charge in [-0.2, -0.15) is 0 Å². The predicted molar refractivity (Wildman–Crippen MR) is 74.9 cm³/mol. The molecule has 124 valence electrons. The third kappa shape index (κ3) is 2.29. The van der Waals surface area contributed by atoms with E-state index in [4.69, 9.17) is 0 Å². The highest BCUT2D eigenvalue weighted by Crippen LogP contribution is 2.24. The molecule has 1 heterocycles. The maximum atomic E-state index is 13.7. The van der Waals surface area contributed by atoms with E-state index in [0.717, 1.165) is 0 Å². The van der Waals surface area contributed by atoms with Crippen molar-refractivity contribution in [3.8, 4) is 0 Å². The Morgan fingerprint density at radius 2 is 1.50 bits per heavy atom. The van der Waals surface area contributed by atoms with Gasteiger partial charge in [0.25, 0.3) is 5.91 Å². The molecule has 4 nitrogen and oxygen atoms in total. The van der Waals surface area contributed by atoms with Gasteiger partial charge in [0.05, 0.1) is 11.0 Å². The first-order valence-electron chi connectivity index (χ1n) is 6.57. The van der Waals surface area contributed by atoms with Crippen molar-refractivity contribution in [1.82, 2.24) is 9.55 Å². The van der Waals surface area contributed by atoms with E-state index < -0.39 is 40.6 Å². The summed E-state index contributed by atoms with van der Waals surface area (Å²) in [6, 6.07) is 6.70. The number of fused-ring (bicyclic) bond motifs is 1. The molecular formula is C15H8F5N3O. The lowest BCUT2D eigenvalue weighted by Gasteiger charge is -2.09. The lowest BCUT2D eigenvalue weighted by atomic mass is 10.1. The molecule has 0 aliphatic heterocycles. The van der Waals surface area contributed by atoms with E-state index in [1.807, 2.05) is 5.32 Å². The van der Waals surface area contributed by atoms with E-state index in [0.29, 0.717) is 11.0 Å². The summed E-state index contributed by atoms with van der Waals surface area (Å²) < 4.78 is 68.1. The van der Waals surface area contributed by atoms with Crippen molar-refractivity contribution in [3.05, 3.63) is 58.9 Å². The molecule has 0 unspecified atom stereocenters. The first kappa shape index (κ1) is 15.9. The van der Waals surface area contributed by atoms with E-state index in [-0.39, 0.29) is 5.95 Å². The summed E-state index contributed by atoms with van der Waals surface area (Å²) >= 11 is 0. The van der Waals surface area contributed by atoms with E-state index in [1.165, 1.54) is 11.6 Å². The predicted octanol–water partition coefficient (Wildman–Crippen LogP) is 3.52. The van der Waals surface area contributed by atoms with E-state index in [2.05, 4.69) is 4.98 Å². The molecular weight excluding hydrogens is 333 g/mol. The Balaban J connectivity index is 2.06. The first-order valence-corrected chi connectivity index (χ1v) is 6.57. The molecule has 1 amide bonds. The smallest absolute Gasteiger partial charge is 0.264 e. The van der Waals surface area contributed by atoms with E-state index in [9.17, 15) is 26.7 Å².